The molecule has 26 heavy (non-hydrogen) atoms. The number of benzene rings is 2. The summed E-state index contributed by atoms with van der Waals surface area (Å²) in [5.41, 5.74) is 0.961. The molecule has 0 radical (unpaired) electrons. The molecule has 0 spiro atoms. The number of hydrogen-bond acceptors (Lipinski definition) is 2. The second-order valence-corrected chi connectivity index (χ2v) is 5.93. The highest BCUT2D eigenvalue weighted by atomic mass is 19.4. The van der Waals surface area contributed by atoms with Gasteiger partial charge in [0, 0.05) is 24.7 Å². The van der Waals surface area contributed by atoms with E-state index < -0.39 is 11.7 Å². The summed E-state index contributed by atoms with van der Waals surface area (Å²) in [6.45, 7) is 1.77. The number of hydrogen-bond donors (Lipinski definition) is 2. The number of nitrogens with one attached hydrogen (secondary N) is 2. The summed E-state index contributed by atoms with van der Waals surface area (Å²) in [6, 6.07) is 11.2. The molecule has 2 rings (SSSR count). The van der Waals surface area contributed by atoms with E-state index in [9.17, 15) is 22.8 Å². The Hall–Kier alpha value is -2.83. The van der Waals surface area contributed by atoms with E-state index in [1.807, 2.05) is 0 Å². The quantitative estimate of drug-likeness (QED) is 0.836. The van der Waals surface area contributed by atoms with E-state index >= 15 is 0 Å². The molecular weight excluding hydrogens is 345 g/mol. The first kappa shape index (κ1) is 19.5. The summed E-state index contributed by atoms with van der Waals surface area (Å²) < 4.78 is 37.8. The Morgan fingerprint density at radius 1 is 1.00 bits per heavy atom. The summed E-state index contributed by atoms with van der Waals surface area (Å²) in [5.74, 6) is -0.716. The number of carbonyl (C=O) groups is 2. The van der Waals surface area contributed by atoms with Gasteiger partial charge in [0.05, 0.1) is 5.56 Å². The smallest absolute Gasteiger partial charge is 0.355 e. The summed E-state index contributed by atoms with van der Waals surface area (Å²) in [5, 5.41) is 5.21. The standard InChI is InChI=1S/C19H19F3N2O2/c1-12(13-3-7-15(8-4-13)19(20,21)22)11-17(25)24-16-9-5-14(6-10-16)18(26)23-2/h3-10,12H,11H2,1-2H3,(H,23,26)(H,24,25). The van der Waals surface area contributed by atoms with Gasteiger partial charge in [-0.05, 0) is 47.9 Å². The summed E-state index contributed by atoms with van der Waals surface area (Å²) in [4.78, 5) is 23.6. The molecule has 0 aliphatic heterocycles. The minimum Gasteiger partial charge on any atom is -0.355 e. The monoisotopic (exact) mass is 364 g/mol. The Bertz CT molecular complexity index is 769. The number of rotatable bonds is 5. The third-order valence-corrected chi connectivity index (χ3v) is 3.96. The summed E-state index contributed by atoms with van der Waals surface area (Å²) in [6.07, 6.45) is -4.25. The van der Waals surface area contributed by atoms with Crippen molar-refractivity contribution in [1.82, 2.24) is 5.32 Å². The topological polar surface area (TPSA) is 58.2 Å². The first-order valence-corrected chi connectivity index (χ1v) is 8.00. The van der Waals surface area contributed by atoms with Crippen LogP contribution in [-0.2, 0) is 11.0 Å². The van der Waals surface area contributed by atoms with E-state index in [1.54, 1.807) is 31.2 Å². The molecular formula is C19H19F3N2O2. The minimum absolute atomic E-state index is 0.128. The molecule has 1 unspecified atom stereocenters. The molecule has 2 amide bonds. The van der Waals surface area contributed by atoms with Crippen LogP contribution in [0.2, 0.25) is 0 Å². The van der Waals surface area contributed by atoms with Gasteiger partial charge in [-0.15, -0.1) is 0 Å². The van der Waals surface area contributed by atoms with Crippen LogP contribution in [0.1, 0.15) is 40.7 Å². The van der Waals surface area contributed by atoms with Crippen molar-refractivity contribution in [2.75, 3.05) is 12.4 Å². The second-order valence-electron chi connectivity index (χ2n) is 5.93. The molecule has 138 valence electrons. The molecule has 7 heteroatoms. The van der Waals surface area contributed by atoms with Crippen molar-refractivity contribution < 1.29 is 22.8 Å². The lowest BCUT2D eigenvalue weighted by Gasteiger charge is -2.14. The van der Waals surface area contributed by atoms with Crippen LogP contribution in [0.3, 0.4) is 0 Å². The van der Waals surface area contributed by atoms with Gasteiger partial charge in [-0.25, -0.2) is 0 Å². The van der Waals surface area contributed by atoms with Gasteiger partial charge in [-0.2, -0.15) is 13.2 Å². The molecule has 0 aliphatic carbocycles. The highest BCUT2D eigenvalue weighted by Crippen LogP contribution is 2.30. The Morgan fingerprint density at radius 2 is 1.58 bits per heavy atom. The molecule has 0 fully saturated rings. The van der Waals surface area contributed by atoms with E-state index in [1.165, 1.54) is 19.2 Å². The Kier molecular flexibility index (Phi) is 6.02. The van der Waals surface area contributed by atoms with Crippen LogP contribution in [0.5, 0.6) is 0 Å². The van der Waals surface area contributed by atoms with Gasteiger partial charge < -0.3 is 10.6 Å². The molecule has 0 saturated heterocycles. The number of carbonyl (C=O) groups excluding carboxylic acids is 2. The maximum atomic E-state index is 12.6. The number of anilines is 1. The van der Waals surface area contributed by atoms with Crippen molar-refractivity contribution in [2.45, 2.75) is 25.4 Å². The van der Waals surface area contributed by atoms with E-state index in [2.05, 4.69) is 10.6 Å². The number of alkyl halides is 3. The fourth-order valence-electron chi connectivity index (χ4n) is 2.46. The van der Waals surface area contributed by atoms with Crippen LogP contribution in [0.15, 0.2) is 48.5 Å². The third kappa shape index (κ3) is 5.08. The van der Waals surface area contributed by atoms with Gasteiger partial charge in [-0.1, -0.05) is 19.1 Å². The van der Waals surface area contributed by atoms with Crippen molar-refractivity contribution in [3.05, 3.63) is 65.2 Å². The van der Waals surface area contributed by atoms with Crippen LogP contribution < -0.4 is 10.6 Å². The maximum absolute atomic E-state index is 12.6. The van der Waals surface area contributed by atoms with Crippen molar-refractivity contribution in [3.63, 3.8) is 0 Å². The van der Waals surface area contributed by atoms with Gasteiger partial charge in [0.1, 0.15) is 0 Å². The molecule has 4 nitrogen and oxygen atoms in total. The number of halogens is 3. The van der Waals surface area contributed by atoms with Crippen LogP contribution in [0.25, 0.3) is 0 Å². The lowest BCUT2D eigenvalue weighted by molar-refractivity contribution is -0.137. The van der Waals surface area contributed by atoms with Gasteiger partial charge in [0.2, 0.25) is 5.91 Å². The van der Waals surface area contributed by atoms with E-state index in [4.69, 9.17) is 0 Å². The van der Waals surface area contributed by atoms with Gasteiger partial charge in [-0.3, -0.25) is 9.59 Å². The van der Waals surface area contributed by atoms with Crippen LogP contribution in [0, 0.1) is 0 Å². The first-order chi connectivity index (χ1) is 12.2. The fourth-order valence-corrected chi connectivity index (χ4v) is 2.46. The largest absolute Gasteiger partial charge is 0.416 e. The van der Waals surface area contributed by atoms with Crippen molar-refractivity contribution >= 4 is 17.5 Å². The average Bonchev–Trinajstić information content (AvgIpc) is 2.61. The van der Waals surface area contributed by atoms with Gasteiger partial charge in [0.25, 0.3) is 5.91 Å². The predicted octanol–water partition coefficient (Wildman–Crippen LogP) is 4.20. The highest BCUT2D eigenvalue weighted by molar-refractivity contribution is 5.95. The van der Waals surface area contributed by atoms with Crippen molar-refractivity contribution in [2.24, 2.45) is 0 Å². The zero-order chi connectivity index (χ0) is 19.3. The van der Waals surface area contributed by atoms with E-state index in [0.717, 1.165) is 12.1 Å². The van der Waals surface area contributed by atoms with Crippen LogP contribution in [-0.4, -0.2) is 18.9 Å². The van der Waals surface area contributed by atoms with Crippen LogP contribution >= 0.6 is 0 Å². The minimum atomic E-state index is -4.38. The lowest BCUT2D eigenvalue weighted by Crippen LogP contribution is -2.18. The van der Waals surface area contributed by atoms with E-state index in [-0.39, 0.29) is 24.2 Å². The molecule has 0 bridgehead atoms. The Morgan fingerprint density at radius 3 is 2.08 bits per heavy atom. The van der Waals surface area contributed by atoms with Crippen LogP contribution in [0.4, 0.5) is 18.9 Å². The molecule has 2 aromatic rings. The summed E-state index contributed by atoms with van der Waals surface area (Å²) >= 11 is 0. The Balaban J connectivity index is 1.95. The molecule has 2 aromatic carbocycles. The highest BCUT2D eigenvalue weighted by Gasteiger charge is 2.30. The zero-order valence-corrected chi connectivity index (χ0v) is 14.4. The van der Waals surface area contributed by atoms with Gasteiger partial charge in [0.15, 0.2) is 0 Å². The molecule has 0 aromatic heterocycles. The molecule has 0 aliphatic rings. The van der Waals surface area contributed by atoms with E-state index in [0.29, 0.717) is 16.8 Å². The second kappa shape index (κ2) is 8.03. The van der Waals surface area contributed by atoms with Crippen molar-refractivity contribution in [1.29, 1.82) is 0 Å². The number of amides is 2. The predicted molar refractivity (Wildman–Crippen MR) is 92.9 cm³/mol. The molecule has 1 atom stereocenters. The Labute approximate surface area is 149 Å². The third-order valence-electron chi connectivity index (χ3n) is 3.96. The lowest BCUT2D eigenvalue weighted by atomic mass is 9.96. The maximum Gasteiger partial charge on any atom is 0.416 e. The molecule has 0 heterocycles. The SMILES string of the molecule is CNC(=O)c1ccc(NC(=O)CC(C)c2ccc(C(F)(F)F)cc2)cc1. The zero-order valence-electron chi connectivity index (χ0n) is 14.4. The summed E-state index contributed by atoms with van der Waals surface area (Å²) in [7, 11) is 1.53. The first-order valence-electron chi connectivity index (χ1n) is 8.00. The van der Waals surface area contributed by atoms with Gasteiger partial charge >= 0.3 is 6.18 Å². The normalized spacial score (nSPS) is 12.3. The fraction of sp³-hybridized carbons (Fsp3) is 0.263. The molecule has 0 saturated carbocycles. The average molecular weight is 364 g/mol. The van der Waals surface area contributed by atoms with Crippen molar-refractivity contribution in [3.8, 4) is 0 Å². The molecule has 2 N–H and O–H groups in total.